The number of aryl methyl sites for hydroxylation is 1. The van der Waals surface area contributed by atoms with Gasteiger partial charge in [-0.3, -0.25) is 0 Å². The van der Waals surface area contributed by atoms with Crippen LogP contribution in [0, 0.1) is 6.92 Å². The van der Waals surface area contributed by atoms with Gasteiger partial charge in [-0.15, -0.1) is 0 Å². The fourth-order valence-electron chi connectivity index (χ4n) is 1.63. The van der Waals surface area contributed by atoms with E-state index in [1.165, 1.54) is 17.4 Å². The van der Waals surface area contributed by atoms with Gasteiger partial charge in [0, 0.05) is 12.3 Å². The van der Waals surface area contributed by atoms with Crippen LogP contribution in [0.3, 0.4) is 0 Å². The molecule has 0 aliphatic carbocycles. The summed E-state index contributed by atoms with van der Waals surface area (Å²) in [6.07, 6.45) is 1.94. The van der Waals surface area contributed by atoms with E-state index in [2.05, 4.69) is 43.4 Å². The Bertz CT molecular complexity index is 437. The third-order valence-electron chi connectivity index (χ3n) is 2.72. The maximum atomic E-state index is 11.0. The lowest BCUT2D eigenvalue weighted by molar-refractivity contribution is 0.562. The van der Waals surface area contributed by atoms with Gasteiger partial charge >= 0.3 is 0 Å². The van der Waals surface area contributed by atoms with Crippen molar-refractivity contribution >= 4 is 9.84 Å². The van der Waals surface area contributed by atoms with Gasteiger partial charge in [0.25, 0.3) is 0 Å². The molecule has 0 radical (unpaired) electrons. The number of hydrogen-bond acceptors (Lipinski definition) is 3. The Morgan fingerprint density at radius 1 is 1.24 bits per heavy atom. The number of sulfone groups is 1. The Hall–Kier alpha value is -0.870. The van der Waals surface area contributed by atoms with Gasteiger partial charge in [0.15, 0.2) is 0 Å². The third kappa shape index (κ3) is 5.84. The first-order valence-electron chi connectivity index (χ1n) is 5.86. The molecule has 0 aromatic heterocycles. The van der Waals surface area contributed by atoms with Crippen LogP contribution in [0.1, 0.15) is 30.5 Å². The van der Waals surface area contributed by atoms with Gasteiger partial charge in [-0.2, -0.15) is 0 Å². The van der Waals surface area contributed by atoms with Gasteiger partial charge in [-0.25, -0.2) is 8.42 Å². The van der Waals surface area contributed by atoms with Crippen LogP contribution in [0.25, 0.3) is 0 Å². The second-order valence-corrected chi connectivity index (χ2v) is 6.83. The summed E-state index contributed by atoms with van der Waals surface area (Å²) in [6, 6.07) is 8.64. The van der Waals surface area contributed by atoms with E-state index in [0.29, 0.717) is 6.42 Å². The fraction of sp³-hybridized carbons (Fsp3) is 0.538. The number of rotatable bonds is 6. The summed E-state index contributed by atoms with van der Waals surface area (Å²) in [4.78, 5) is 0. The quantitative estimate of drug-likeness (QED) is 0.792. The average Bonchev–Trinajstić information content (AvgIpc) is 2.24. The molecular weight excluding hydrogens is 234 g/mol. The lowest BCUT2D eigenvalue weighted by atomic mass is 10.1. The smallest absolute Gasteiger partial charge is 0.147 e. The number of benzene rings is 1. The lowest BCUT2D eigenvalue weighted by Crippen LogP contribution is -2.21. The topological polar surface area (TPSA) is 46.2 Å². The van der Waals surface area contributed by atoms with Gasteiger partial charge in [0.1, 0.15) is 9.84 Å². The zero-order valence-corrected chi connectivity index (χ0v) is 11.5. The SMILES string of the molecule is Cc1ccc([C@@H](C)NCCCS(C)(=O)=O)cc1. The molecule has 17 heavy (non-hydrogen) atoms. The minimum Gasteiger partial charge on any atom is -0.310 e. The van der Waals surface area contributed by atoms with Gasteiger partial charge in [-0.1, -0.05) is 29.8 Å². The second kappa shape index (κ2) is 6.17. The molecule has 0 aliphatic rings. The Morgan fingerprint density at radius 3 is 2.35 bits per heavy atom. The summed E-state index contributed by atoms with van der Waals surface area (Å²) >= 11 is 0. The summed E-state index contributed by atoms with van der Waals surface area (Å²) < 4.78 is 21.9. The van der Waals surface area contributed by atoms with Crippen molar-refractivity contribution in [3.8, 4) is 0 Å². The van der Waals surface area contributed by atoms with Crippen molar-refractivity contribution in [2.24, 2.45) is 0 Å². The van der Waals surface area contributed by atoms with Crippen LogP contribution >= 0.6 is 0 Å². The molecule has 0 unspecified atom stereocenters. The van der Waals surface area contributed by atoms with Gasteiger partial charge < -0.3 is 5.32 Å². The molecule has 4 heteroatoms. The van der Waals surface area contributed by atoms with Crippen molar-refractivity contribution in [1.29, 1.82) is 0 Å². The van der Waals surface area contributed by atoms with Crippen molar-refractivity contribution in [3.63, 3.8) is 0 Å². The average molecular weight is 255 g/mol. The maximum absolute atomic E-state index is 11.0. The molecule has 0 amide bonds. The van der Waals surface area contributed by atoms with Crippen LogP contribution in [0.5, 0.6) is 0 Å². The summed E-state index contributed by atoms with van der Waals surface area (Å²) in [5.41, 5.74) is 2.48. The molecule has 0 heterocycles. The van der Waals surface area contributed by atoms with E-state index in [9.17, 15) is 8.42 Å². The van der Waals surface area contributed by atoms with E-state index < -0.39 is 9.84 Å². The monoisotopic (exact) mass is 255 g/mol. The Kier molecular flexibility index (Phi) is 5.15. The number of nitrogens with one attached hydrogen (secondary N) is 1. The van der Waals surface area contributed by atoms with Crippen molar-refractivity contribution in [2.45, 2.75) is 26.3 Å². The second-order valence-electron chi connectivity index (χ2n) is 4.57. The predicted octanol–water partition coefficient (Wildman–Crippen LogP) is 2.08. The summed E-state index contributed by atoms with van der Waals surface area (Å²) in [5, 5.41) is 3.33. The zero-order chi connectivity index (χ0) is 12.9. The molecule has 1 rings (SSSR count). The Labute approximate surface area is 104 Å². The highest BCUT2D eigenvalue weighted by atomic mass is 32.2. The molecule has 0 aliphatic heterocycles. The van der Waals surface area contributed by atoms with Crippen LogP contribution in [-0.2, 0) is 9.84 Å². The molecule has 0 saturated carbocycles. The standard InChI is InChI=1S/C13H21NO2S/c1-11-5-7-13(8-6-11)12(2)14-9-4-10-17(3,15)16/h5-8,12,14H,4,9-10H2,1-3H3/t12-/m1/s1. The Morgan fingerprint density at radius 2 is 1.82 bits per heavy atom. The molecular formula is C13H21NO2S. The highest BCUT2D eigenvalue weighted by Crippen LogP contribution is 2.12. The molecule has 0 saturated heterocycles. The zero-order valence-electron chi connectivity index (χ0n) is 10.7. The first-order chi connectivity index (χ1) is 7.88. The first kappa shape index (κ1) is 14.2. The minimum absolute atomic E-state index is 0.251. The van der Waals surface area contributed by atoms with Crippen LogP contribution in [0.2, 0.25) is 0 Å². The van der Waals surface area contributed by atoms with Gasteiger partial charge in [0.2, 0.25) is 0 Å². The number of hydrogen-bond donors (Lipinski definition) is 1. The molecule has 1 atom stereocenters. The molecule has 0 fully saturated rings. The van der Waals surface area contributed by atoms with Crippen molar-refractivity contribution in [3.05, 3.63) is 35.4 Å². The van der Waals surface area contributed by atoms with E-state index in [1.54, 1.807) is 0 Å². The van der Waals surface area contributed by atoms with E-state index in [4.69, 9.17) is 0 Å². The van der Waals surface area contributed by atoms with Crippen molar-refractivity contribution in [1.82, 2.24) is 5.32 Å². The highest BCUT2D eigenvalue weighted by Gasteiger charge is 2.05. The van der Waals surface area contributed by atoms with Gasteiger partial charge in [0.05, 0.1) is 5.75 Å². The largest absolute Gasteiger partial charge is 0.310 e. The molecule has 1 aromatic rings. The van der Waals surface area contributed by atoms with Crippen LogP contribution < -0.4 is 5.32 Å². The van der Waals surface area contributed by atoms with Crippen molar-refractivity contribution < 1.29 is 8.42 Å². The van der Waals surface area contributed by atoms with Crippen LogP contribution in [0.15, 0.2) is 24.3 Å². The molecule has 3 nitrogen and oxygen atoms in total. The predicted molar refractivity (Wildman–Crippen MR) is 71.9 cm³/mol. The third-order valence-corrected chi connectivity index (χ3v) is 3.75. The highest BCUT2D eigenvalue weighted by molar-refractivity contribution is 7.90. The molecule has 1 N–H and O–H groups in total. The van der Waals surface area contributed by atoms with Crippen LogP contribution in [0.4, 0.5) is 0 Å². The van der Waals surface area contributed by atoms with Crippen LogP contribution in [-0.4, -0.2) is 27.0 Å². The molecule has 0 bridgehead atoms. The summed E-state index contributed by atoms with van der Waals surface area (Å²) in [7, 11) is -2.83. The lowest BCUT2D eigenvalue weighted by Gasteiger charge is -2.14. The molecule has 0 spiro atoms. The summed E-state index contributed by atoms with van der Waals surface area (Å²) in [6.45, 7) is 4.88. The normalized spacial score (nSPS) is 13.6. The van der Waals surface area contributed by atoms with E-state index in [-0.39, 0.29) is 11.8 Å². The minimum atomic E-state index is -2.83. The maximum Gasteiger partial charge on any atom is 0.147 e. The van der Waals surface area contributed by atoms with Crippen molar-refractivity contribution in [2.75, 3.05) is 18.6 Å². The molecule has 1 aromatic carbocycles. The Balaban J connectivity index is 2.35. The van der Waals surface area contributed by atoms with E-state index >= 15 is 0 Å². The van der Waals surface area contributed by atoms with E-state index in [0.717, 1.165) is 6.54 Å². The molecule has 96 valence electrons. The summed E-state index contributed by atoms with van der Waals surface area (Å²) in [5.74, 6) is 0.251. The first-order valence-corrected chi connectivity index (χ1v) is 7.92. The van der Waals surface area contributed by atoms with E-state index in [1.807, 2.05) is 0 Å². The fourth-order valence-corrected chi connectivity index (χ4v) is 2.29. The van der Waals surface area contributed by atoms with Gasteiger partial charge in [-0.05, 0) is 32.4 Å².